The van der Waals surface area contributed by atoms with Crippen LogP contribution in [0.5, 0.6) is 11.5 Å². The molecule has 1 aliphatic rings. The van der Waals surface area contributed by atoms with Gasteiger partial charge in [-0.05, 0) is 67.1 Å². The maximum atomic E-state index is 14.4. The smallest absolute Gasteiger partial charge is 0.258 e. The second-order valence-electron chi connectivity index (χ2n) is 11.0. The third kappa shape index (κ3) is 4.72. The predicted octanol–water partition coefficient (Wildman–Crippen LogP) is 7.23. The molecule has 0 saturated carbocycles. The van der Waals surface area contributed by atoms with Crippen molar-refractivity contribution in [2.24, 2.45) is 5.92 Å². The molecule has 210 valence electrons. The number of amides is 1. The third-order valence-corrected chi connectivity index (χ3v) is 8.49. The number of aromatic nitrogens is 1. The molecule has 1 aliphatic heterocycles. The van der Waals surface area contributed by atoms with E-state index in [2.05, 4.69) is 78.2 Å². The molecular weight excluding hydrogens is 512 g/mol. The van der Waals surface area contributed by atoms with Gasteiger partial charge in [-0.15, -0.1) is 0 Å². The zero-order valence-electron chi connectivity index (χ0n) is 23.8. The van der Waals surface area contributed by atoms with E-state index in [9.17, 15) is 9.90 Å². The highest BCUT2D eigenvalue weighted by molar-refractivity contribution is 6.09. The number of aliphatic hydroxyl groups is 1. The van der Waals surface area contributed by atoms with Gasteiger partial charge < -0.3 is 24.0 Å². The van der Waals surface area contributed by atoms with Crippen LogP contribution in [0.1, 0.15) is 48.1 Å². The summed E-state index contributed by atoms with van der Waals surface area (Å²) < 4.78 is 13.4. The van der Waals surface area contributed by atoms with Crippen LogP contribution in [0.2, 0.25) is 0 Å². The predicted molar refractivity (Wildman–Crippen MR) is 164 cm³/mol. The van der Waals surface area contributed by atoms with Gasteiger partial charge in [0.2, 0.25) is 0 Å². The van der Waals surface area contributed by atoms with Crippen LogP contribution in [0.15, 0.2) is 91.0 Å². The largest absolute Gasteiger partial charge is 0.493 e. The van der Waals surface area contributed by atoms with E-state index in [1.807, 2.05) is 11.0 Å². The first-order valence-electron chi connectivity index (χ1n) is 14.3. The van der Waals surface area contributed by atoms with E-state index in [4.69, 9.17) is 9.47 Å². The first kappa shape index (κ1) is 26.9. The number of ether oxygens (including phenoxy) is 2. The van der Waals surface area contributed by atoms with Crippen molar-refractivity contribution >= 4 is 33.4 Å². The lowest BCUT2D eigenvalue weighted by Gasteiger charge is -2.43. The molecule has 0 bridgehead atoms. The number of para-hydroxylation sites is 3. The number of anilines is 1. The van der Waals surface area contributed by atoms with Crippen molar-refractivity contribution in [1.82, 2.24) is 4.57 Å². The van der Waals surface area contributed by atoms with Crippen LogP contribution in [-0.4, -0.2) is 42.4 Å². The first-order valence-corrected chi connectivity index (χ1v) is 14.3. The van der Waals surface area contributed by atoms with Gasteiger partial charge in [-0.1, -0.05) is 61.5 Å². The van der Waals surface area contributed by atoms with Crippen molar-refractivity contribution < 1.29 is 19.4 Å². The van der Waals surface area contributed by atoms with Crippen molar-refractivity contribution in [2.75, 3.05) is 25.7 Å². The molecule has 6 heteroatoms. The highest BCUT2D eigenvalue weighted by Crippen LogP contribution is 2.45. The molecule has 1 aromatic heterocycles. The number of hydrogen-bond donors (Lipinski definition) is 1. The quantitative estimate of drug-likeness (QED) is 0.222. The van der Waals surface area contributed by atoms with E-state index in [0.717, 1.165) is 24.1 Å². The fraction of sp³-hybridized carbons (Fsp3) is 0.286. The standard InChI is InChI=1S/C35H36N2O4/c1-23(18-19-38)20-25-22-32(37-29-13-7-4-10-26(29)27-11-5-8-14-30(27)37)28-12-6-9-15-31(28)36(25)35(39)24-16-17-33(40-2)34(21-24)41-3/h4-17,21,23,25,32,38H,18-20,22H2,1-3H3. The number of rotatable bonds is 8. The number of carbonyl (C=O) groups excluding carboxylic acids is 1. The molecule has 3 unspecified atom stereocenters. The Morgan fingerprint density at radius 3 is 2.17 bits per heavy atom. The summed E-state index contributed by atoms with van der Waals surface area (Å²) in [5, 5.41) is 12.2. The summed E-state index contributed by atoms with van der Waals surface area (Å²) in [6, 6.07) is 30.8. The number of fused-ring (bicyclic) bond motifs is 4. The summed E-state index contributed by atoms with van der Waals surface area (Å²) in [4.78, 5) is 16.4. The lowest BCUT2D eigenvalue weighted by atomic mass is 9.85. The molecule has 0 fully saturated rings. The lowest BCUT2D eigenvalue weighted by Crippen LogP contribution is -2.46. The minimum atomic E-state index is -0.0722. The van der Waals surface area contributed by atoms with Crippen LogP contribution >= 0.6 is 0 Å². The van der Waals surface area contributed by atoms with Gasteiger partial charge in [0.05, 0.1) is 20.3 Å². The number of benzene rings is 4. The van der Waals surface area contributed by atoms with Crippen molar-refractivity contribution in [1.29, 1.82) is 0 Å². The summed E-state index contributed by atoms with van der Waals surface area (Å²) in [6.45, 7) is 2.29. The van der Waals surface area contributed by atoms with Gasteiger partial charge in [0.25, 0.3) is 5.91 Å². The minimum absolute atomic E-state index is 0.0387. The summed E-state index contributed by atoms with van der Waals surface area (Å²) >= 11 is 0. The van der Waals surface area contributed by atoms with Gasteiger partial charge >= 0.3 is 0 Å². The highest BCUT2D eigenvalue weighted by atomic mass is 16.5. The maximum Gasteiger partial charge on any atom is 0.258 e. The van der Waals surface area contributed by atoms with Crippen LogP contribution in [0.4, 0.5) is 5.69 Å². The van der Waals surface area contributed by atoms with Gasteiger partial charge in [0.1, 0.15) is 0 Å². The van der Waals surface area contributed by atoms with Crippen molar-refractivity contribution in [2.45, 2.75) is 38.3 Å². The van der Waals surface area contributed by atoms with Gasteiger partial charge in [0.15, 0.2) is 11.5 Å². The van der Waals surface area contributed by atoms with E-state index >= 15 is 0 Å². The van der Waals surface area contributed by atoms with Crippen molar-refractivity contribution in [3.05, 3.63) is 102 Å². The molecule has 2 heterocycles. The van der Waals surface area contributed by atoms with E-state index in [0.29, 0.717) is 23.5 Å². The maximum absolute atomic E-state index is 14.4. The molecule has 0 spiro atoms. The van der Waals surface area contributed by atoms with Crippen LogP contribution in [-0.2, 0) is 0 Å². The molecule has 4 aromatic carbocycles. The summed E-state index contributed by atoms with van der Waals surface area (Å²) in [5.41, 5.74) is 4.98. The minimum Gasteiger partial charge on any atom is -0.493 e. The Labute approximate surface area is 240 Å². The summed E-state index contributed by atoms with van der Waals surface area (Å²) in [5.74, 6) is 1.29. The van der Waals surface area contributed by atoms with Crippen LogP contribution < -0.4 is 14.4 Å². The summed E-state index contributed by atoms with van der Waals surface area (Å²) in [7, 11) is 3.17. The third-order valence-electron chi connectivity index (χ3n) is 8.49. The van der Waals surface area contributed by atoms with Crippen LogP contribution in [0, 0.1) is 5.92 Å². The molecule has 1 N–H and O–H groups in total. The summed E-state index contributed by atoms with van der Waals surface area (Å²) in [6.07, 6.45) is 2.23. The van der Waals surface area contributed by atoms with E-state index in [-0.39, 0.29) is 30.5 Å². The Kier molecular flexibility index (Phi) is 7.41. The Balaban J connectivity index is 1.52. The van der Waals surface area contributed by atoms with Gasteiger partial charge in [-0.2, -0.15) is 0 Å². The van der Waals surface area contributed by atoms with Crippen molar-refractivity contribution in [3.8, 4) is 11.5 Å². The normalized spacial score (nSPS) is 17.4. The number of methoxy groups -OCH3 is 2. The van der Waals surface area contributed by atoms with Gasteiger partial charge in [-0.25, -0.2) is 0 Å². The second-order valence-corrected chi connectivity index (χ2v) is 11.0. The SMILES string of the molecule is COc1ccc(C(=O)N2c3ccccc3C(n3c4ccccc4c4ccccc43)CC2CC(C)CCO)cc1OC. The Hall–Kier alpha value is -4.29. The number of aliphatic hydroxyl groups excluding tert-OH is 1. The Morgan fingerprint density at radius 2 is 1.51 bits per heavy atom. The highest BCUT2D eigenvalue weighted by Gasteiger charge is 2.38. The molecule has 41 heavy (non-hydrogen) atoms. The van der Waals surface area contributed by atoms with E-state index < -0.39 is 0 Å². The fourth-order valence-electron chi connectivity index (χ4n) is 6.60. The van der Waals surface area contributed by atoms with Crippen LogP contribution in [0.25, 0.3) is 21.8 Å². The van der Waals surface area contributed by atoms with Crippen molar-refractivity contribution in [3.63, 3.8) is 0 Å². The van der Waals surface area contributed by atoms with E-state index in [1.54, 1.807) is 32.4 Å². The molecule has 0 aliphatic carbocycles. The van der Waals surface area contributed by atoms with Gasteiger partial charge in [0, 0.05) is 45.7 Å². The fourth-order valence-corrected chi connectivity index (χ4v) is 6.60. The van der Waals surface area contributed by atoms with Gasteiger partial charge in [-0.3, -0.25) is 4.79 Å². The number of hydrogen-bond acceptors (Lipinski definition) is 4. The monoisotopic (exact) mass is 548 g/mol. The second kappa shape index (κ2) is 11.3. The Morgan fingerprint density at radius 1 is 0.878 bits per heavy atom. The Bertz CT molecular complexity index is 1650. The average molecular weight is 549 g/mol. The number of nitrogens with zero attached hydrogens (tertiary/aromatic N) is 2. The topological polar surface area (TPSA) is 63.9 Å². The molecule has 6 rings (SSSR count). The molecule has 0 saturated heterocycles. The lowest BCUT2D eigenvalue weighted by molar-refractivity contribution is 0.0965. The molecule has 3 atom stereocenters. The number of carbonyl (C=O) groups is 1. The van der Waals surface area contributed by atoms with Crippen LogP contribution in [0.3, 0.4) is 0 Å². The molecule has 0 radical (unpaired) electrons. The zero-order valence-corrected chi connectivity index (χ0v) is 23.8. The molecule has 1 amide bonds. The molecule has 5 aromatic rings. The molecule has 6 nitrogen and oxygen atoms in total. The van der Waals surface area contributed by atoms with E-state index in [1.165, 1.54) is 21.8 Å². The molecular formula is C35H36N2O4. The average Bonchev–Trinajstić information content (AvgIpc) is 3.34. The first-order chi connectivity index (χ1) is 20.0. The zero-order chi connectivity index (χ0) is 28.5.